The van der Waals surface area contributed by atoms with Crippen molar-refractivity contribution in [1.82, 2.24) is 9.78 Å². The second-order valence-electron chi connectivity index (χ2n) is 5.96. The molecule has 0 atom stereocenters. The zero-order chi connectivity index (χ0) is 22.0. The van der Waals surface area contributed by atoms with E-state index in [1.807, 2.05) is 0 Å². The largest absolute Gasteiger partial charge is 0.465 e. The number of methoxy groups -OCH3 is 2. The quantitative estimate of drug-likeness (QED) is 0.452. The van der Waals surface area contributed by atoms with Gasteiger partial charge in [0.25, 0.3) is 6.43 Å². The van der Waals surface area contributed by atoms with Crippen LogP contribution in [0.2, 0.25) is 0 Å². The Morgan fingerprint density at radius 3 is 2.17 bits per heavy atom. The molecule has 1 heterocycles. The molecular formula is C20H14F4N2O4. The van der Waals surface area contributed by atoms with Gasteiger partial charge in [-0.1, -0.05) is 18.2 Å². The third-order valence-electron chi connectivity index (χ3n) is 4.23. The molecule has 3 rings (SSSR count). The van der Waals surface area contributed by atoms with E-state index in [2.05, 4.69) is 9.84 Å². The molecule has 0 bridgehead atoms. The van der Waals surface area contributed by atoms with Gasteiger partial charge in [-0.3, -0.25) is 0 Å². The van der Waals surface area contributed by atoms with Crippen molar-refractivity contribution < 1.29 is 36.6 Å². The third-order valence-corrected chi connectivity index (χ3v) is 4.23. The number of halogens is 4. The van der Waals surface area contributed by atoms with Gasteiger partial charge in [0, 0.05) is 5.56 Å². The van der Waals surface area contributed by atoms with Crippen LogP contribution in [-0.2, 0) is 9.47 Å². The Morgan fingerprint density at radius 2 is 1.60 bits per heavy atom. The predicted octanol–water partition coefficient (Wildman–Crippen LogP) is 4.33. The molecule has 0 saturated carbocycles. The van der Waals surface area contributed by atoms with Gasteiger partial charge >= 0.3 is 11.9 Å². The van der Waals surface area contributed by atoms with E-state index in [0.29, 0.717) is 17.8 Å². The average molecular weight is 422 g/mol. The standard InChI is InChI=1S/C20H14F4N2O4/c1-29-19(27)15-16(11-8-14(22)12(18(23)24)9-13(11)21)25-26(17(15)20(28)30-2)10-6-4-3-5-7-10/h3-9,18H,1-2H3. The molecule has 10 heteroatoms. The summed E-state index contributed by atoms with van der Waals surface area (Å²) in [6, 6.07) is 8.81. The van der Waals surface area contributed by atoms with Gasteiger partial charge in [0.1, 0.15) is 22.9 Å². The Hall–Kier alpha value is -3.69. The summed E-state index contributed by atoms with van der Waals surface area (Å²) < 4.78 is 64.9. The number of nitrogens with zero attached hydrogens (tertiary/aromatic N) is 2. The molecule has 6 nitrogen and oxygen atoms in total. The maximum absolute atomic E-state index is 14.6. The third kappa shape index (κ3) is 3.63. The van der Waals surface area contributed by atoms with Crippen LogP contribution in [-0.4, -0.2) is 35.9 Å². The highest BCUT2D eigenvalue weighted by Crippen LogP contribution is 2.34. The summed E-state index contributed by atoms with van der Waals surface area (Å²) >= 11 is 0. The van der Waals surface area contributed by atoms with Crippen molar-refractivity contribution in [3.05, 3.63) is 70.9 Å². The Bertz CT molecular complexity index is 1110. The average Bonchev–Trinajstić information content (AvgIpc) is 3.14. The van der Waals surface area contributed by atoms with Crippen LogP contribution in [0.4, 0.5) is 17.6 Å². The predicted molar refractivity (Wildman–Crippen MR) is 96.6 cm³/mol. The monoisotopic (exact) mass is 422 g/mol. The normalized spacial score (nSPS) is 10.9. The molecule has 156 valence electrons. The molecular weight excluding hydrogens is 408 g/mol. The van der Waals surface area contributed by atoms with Gasteiger partial charge in [-0.25, -0.2) is 31.8 Å². The van der Waals surface area contributed by atoms with E-state index in [1.165, 1.54) is 0 Å². The van der Waals surface area contributed by atoms with Gasteiger partial charge in [-0.05, 0) is 24.3 Å². The van der Waals surface area contributed by atoms with Gasteiger partial charge in [0.2, 0.25) is 0 Å². The lowest BCUT2D eigenvalue weighted by molar-refractivity contribution is 0.0549. The maximum atomic E-state index is 14.6. The summed E-state index contributed by atoms with van der Waals surface area (Å²) in [5, 5.41) is 4.09. The summed E-state index contributed by atoms with van der Waals surface area (Å²) in [7, 11) is 2.08. The lowest BCUT2D eigenvalue weighted by Gasteiger charge is -2.08. The lowest BCUT2D eigenvalue weighted by atomic mass is 10.0. The summed E-state index contributed by atoms with van der Waals surface area (Å²) in [5.41, 5.74) is -2.81. The number of carbonyl (C=O) groups is 2. The van der Waals surface area contributed by atoms with Gasteiger partial charge in [-0.2, -0.15) is 5.10 Å². The summed E-state index contributed by atoms with van der Waals surface area (Å²) in [6.45, 7) is 0. The molecule has 1 aromatic heterocycles. The second-order valence-corrected chi connectivity index (χ2v) is 5.96. The number of hydrogen-bond acceptors (Lipinski definition) is 5. The Kier molecular flexibility index (Phi) is 5.86. The molecule has 0 N–H and O–H groups in total. The van der Waals surface area contributed by atoms with Crippen LogP contribution in [0, 0.1) is 11.6 Å². The molecule has 3 aromatic rings. The fourth-order valence-electron chi connectivity index (χ4n) is 2.85. The van der Waals surface area contributed by atoms with E-state index >= 15 is 0 Å². The first-order chi connectivity index (χ1) is 14.3. The number of rotatable bonds is 5. The second kappa shape index (κ2) is 8.36. The van der Waals surface area contributed by atoms with Gasteiger partial charge < -0.3 is 9.47 Å². The minimum Gasteiger partial charge on any atom is -0.465 e. The first kappa shape index (κ1) is 21.0. The molecule has 0 aliphatic rings. The van der Waals surface area contributed by atoms with Crippen LogP contribution in [0.3, 0.4) is 0 Å². The highest BCUT2D eigenvalue weighted by Gasteiger charge is 2.33. The van der Waals surface area contributed by atoms with E-state index in [1.54, 1.807) is 30.3 Å². The smallest absolute Gasteiger partial charge is 0.357 e. The van der Waals surface area contributed by atoms with E-state index in [4.69, 9.17) is 4.74 Å². The lowest BCUT2D eigenvalue weighted by Crippen LogP contribution is -2.15. The summed E-state index contributed by atoms with van der Waals surface area (Å²) in [6.07, 6.45) is -3.25. The van der Waals surface area contributed by atoms with Crippen LogP contribution in [0.5, 0.6) is 0 Å². The van der Waals surface area contributed by atoms with E-state index in [9.17, 15) is 27.2 Å². The van der Waals surface area contributed by atoms with Gasteiger partial charge in [-0.15, -0.1) is 0 Å². The van der Waals surface area contributed by atoms with Gasteiger partial charge in [0.05, 0.1) is 25.5 Å². The molecule has 0 fully saturated rings. The van der Waals surface area contributed by atoms with Crippen LogP contribution >= 0.6 is 0 Å². The van der Waals surface area contributed by atoms with Crippen molar-refractivity contribution in [2.75, 3.05) is 14.2 Å². The number of benzene rings is 2. The Morgan fingerprint density at radius 1 is 0.967 bits per heavy atom. The van der Waals surface area contributed by atoms with Crippen molar-refractivity contribution >= 4 is 11.9 Å². The van der Waals surface area contributed by atoms with Crippen molar-refractivity contribution in [2.24, 2.45) is 0 Å². The van der Waals surface area contributed by atoms with E-state index < -0.39 is 58.1 Å². The number of carbonyl (C=O) groups excluding carboxylic acids is 2. The van der Waals surface area contributed by atoms with E-state index in [-0.39, 0.29) is 0 Å². The first-order valence-corrected chi connectivity index (χ1v) is 8.42. The summed E-state index contributed by atoms with van der Waals surface area (Å²) in [5.74, 6) is -4.73. The fourth-order valence-corrected chi connectivity index (χ4v) is 2.85. The van der Waals surface area contributed by atoms with Crippen molar-refractivity contribution in [3.63, 3.8) is 0 Å². The number of para-hydroxylation sites is 1. The topological polar surface area (TPSA) is 70.4 Å². The number of esters is 2. The van der Waals surface area contributed by atoms with Crippen molar-refractivity contribution in [3.8, 4) is 16.9 Å². The van der Waals surface area contributed by atoms with Crippen LogP contribution in [0.25, 0.3) is 16.9 Å². The molecule has 0 aliphatic heterocycles. The molecule has 0 unspecified atom stereocenters. The molecule has 0 amide bonds. The number of aromatic nitrogens is 2. The highest BCUT2D eigenvalue weighted by atomic mass is 19.3. The van der Waals surface area contributed by atoms with E-state index in [0.717, 1.165) is 18.9 Å². The highest BCUT2D eigenvalue weighted by molar-refractivity contribution is 6.06. The first-order valence-electron chi connectivity index (χ1n) is 8.42. The zero-order valence-corrected chi connectivity index (χ0v) is 15.7. The number of ether oxygens (including phenoxy) is 2. The molecule has 2 aromatic carbocycles. The van der Waals surface area contributed by atoms with Crippen LogP contribution in [0.15, 0.2) is 42.5 Å². The SMILES string of the molecule is COC(=O)c1c(-c2cc(F)c(C(F)F)cc2F)nn(-c2ccccc2)c1C(=O)OC. The van der Waals surface area contributed by atoms with Gasteiger partial charge in [0.15, 0.2) is 5.69 Å². The Labute approximate surface area is 167 Å². The number of hydrogen-bond donors (Lipinski definition) is 0. The summed E-state index contributed by atoms with van der Waals surface area (Å²) in [4.78, 5) is 24.9. The molecule has 0 aliphatic carbocycles. The molecule has 0 radical (unpaired) electrons. The maximum Gasteiger partial charge on any atom is 0.357 e. The number of alkyl halides is 2. The Balaban J connectivity index is 2.38. The zero-order valence-electron chi connectivity index (χ0n) is 15.7. The van der Waals surface area contributed by atoms with Crippen LogP contribution < -0.4 is 0 Å². The molecule has 0 spiro atoms. The fraction of sp³-hybridized carbons (Fsp3) is 0.150. The minimum atomic E-state index is -3.25. The van der Waals surface area contributed by atoms with Crippen molar-refractivity contribution in [1.29, 1.82) is 0 Å². The minimum absolute atomic E-state index is 0.305. The van der Waals surface area contributed by atoms with Crippen molar-refractivity contribution in [2.45, 2.75) is 6.43 Å². The van der Waals surface area contributed by atoms with Crippen LogP contribution in [0.1, 0.15) is 32.8 Å². The molecule has 0 saturated heterocycles. The molecule has 30 heavy (non-hydrogen) atoms.